The fourth-order valence-electron chi connectivity index (χ4n) is 3.45. The van der Waals surface area contributed by atoms with Crippen molar-refractivity contribution in [1.29, 1.82) is 0 Å². The first kappa shape index (κ1) is 25.4. The molecule has 0 spiro atoms. The van der Waals surface area contributed by atoms with Crippen molar-refractivity contribution in [3.63, 3.8) is 0 Å². The van der Waals surface area contributed by atoms with E-state index in [-0.39, 0.29) is 0 Å². The number of benzene rings is 3. The van der Waals surface area contributed by atoms with Crippen molar-refractivity contribution in [2.75, 3.05) is 33.2 Å². The maximum absolute atomic E-state index is 5.59. The van der Waals surface area contributed by atoms with Crippen molar-refractivity contribution in [3.8, 4) is 69.6 Å². The summed E-state index contributed by atoms with van der Waals surface area (Å²) in [6, 6.07) is 20.5. The second-order valence-electron chi connectivity index (χ2n) is 7.53. The minimum atomic E-state index is 0.298. The largest absolute Gasteiger partial charge is 0.320 e. The Morgan fingerprint density at radius 3 is 1.31 bits per heavy atom. The highest BCUT2D eigenvalue weighted by Gasteiger charge is 2.06. The molecule has 7 N–H and O–H groups in total. The lowest BCUT2D eigenvalue weighted by molar-refractivity contribution is 0.938. The van der Waals surface area contributed by atoms with Crippen LogP contribution in [0.1, 0.15) is 22.3 Å². The molecule has 0 heterocycles. The molecular weight excluding hydrogens is 428 g/mol. The van der Waals surface area contributed by atoms with E-state index in [4.69, 9.17) is 17.2 Å². The topological polar surface area (TPSA) is 90.1 Å². The van der Waals surface area contributed by atoms with Crippen LogP contribution in [0.15, 0.2) is 60.7 Å². The van der Waals surface area contributed by atoms with Gasteiger partial charge in [-0.25, -0.2) is 0 Å². The third-order valence-electron chi connectivity index (χ3n) is 4.90. The molecule has 0 amide bonds. The smallest absolute Gasteiger partial charge is 0.0577 e. The third-order valence-corrected chi connectivity index (χ3v) is 4.90. The van der Waals surface area contributed by atoms with Gasteiger partial charge < -0.3 is 22.5 Å². The van der Waals surface area contributed by atoms with Crippen molar-refractivity contribution in [3.05, 3.63) is 82.9 Å². The molecule has 3 rings (SSSR count). The molecule has 4 heteroatoms. The van der Waals surface area contributed by atoms with Crippen molar-refractivity contribution in [2.45, 2.75) is 0 Å². The molecule has 3 aromatic rings. The Morgan fingerprint density at radius 1 is 0.543 bits per heavy atom. The summed E-state index contributed by atoms with van der Waals surface area (Å²) in [7, 11) is 1.87. The van der Waals surface area contributed by atoms with Crippen LogP contribution >= 0.6 is 0 Å². The third kappa shape index (κ3) is 7.64. The Bertz CT molecular complexity index is 1400. The van der Waals surface area contributed by atoms with Crippen molar-refractivity contribution in [1.82, 2.24) is 5.32 Å². The average molecular weight is 457 g/mol. The van der Waals surface area contributed by atoms with Crippen LogP contribution in [0.3, 0.4) is 0 Å². The summed E-state index contributed by atoms with van der Waals surface area (Å²) in [6.07, 6.45) is 0. The lowest BCUT2D eigenvalue weighted by atomic mass is 9.95. The molecule has 4 nitrogen and oxygen atoms in total. The van der Waals surface area contributed by atoms with Crippen molar-refractivity contribution >= 4 is 0 Å². The van der Waals surface area contributed by atoms with E-state index in [2.05, 4.69) is 83.0 Å². The summed E-state index contributed by atoms with van der Waals surface area (Å²) in [5.74, 6) is 24.5. The Hall–Kier alpha value is -4.26. The van der Waals surface area contributed by atoms with Crippen molar-refractivity contribution in [2.24, 2.45) is 17.2 Å². The van der Waals surface area contributed by atoms with Crippen LogP contribution in [0, 0.1) is 47.4 Å². The second kappa shape index (κ2) is 13.4. The van der Waals surface area contributed by atoms with Gasteiger partial charge in [0.05, 0.1) is 26.2 Å². The molecule has 0 fully saturated rings. The van der Waals surface area contributed by atoms with E-state index in [0.29, 0.717) is 26.2 Å². The second-order valence-corrected chi connectivity index (χ2v) is 7.53. The number of nitrogens with two attached hydrogens (primary N) is 3. The van der Waals surface area contributed by atoms with E-state index in [9.17, 15) is 0 Å². The summed E-state index contributed by atoms with van der Waals surface area (Å²) >= 11 is 0. The zero-order valence-corrected chi connectivity index (χ0v) is 19.8. The molecular formula is C31H28N4. The molecule has 0 atom stereocenters. The number of hydrogen-bond donors (Lipinski definition) is 4. The lowest BCUT2D eigenvalue weighted by Gasteiger charge is -2.09. The van der Waals surface area contributed by atoms with Gasteiger partial charge in [0.1, 0.15) is 0 Å². The van der Waals surface area contributed by atoms with Crippen LogP contribution in [0.25, 0.3) is 22.3 Å². The molecule has 0 aromatic heterocycles. The standard InChI is InChI=1S/C31H28N4/c1-35-16-6-10-27-18-26(9-5-15-34)21-31(22-27)29-12-2-11-28(23-29)30-19-24(7-3-13-32)17-25(20-30)8-4-14-33/h2,11-12,17-23,35H,13-16,32-34H2,1H3. The number of hydrogen-bond acceptors (Lipinski definition) is 4. The zero-order chi connectivity index (χ0) is 24.9. The van der Waals surface area contributed by atoms with E-state index in [1.807, 2.05) is 37.4 Å². The first-order chi connectivity index (χ1) is 17.2. The minimum absolute atomic E-state index is 0.298. The summed E-state index contributed by atoms with van der Waals surface area (Å²) in [4.78, 5) is 0. The van der Waals surface area contributed by atoms with E-state index >= 15 is 0 Å². The van der Waals surface area contributed by atoms with E-state index in [1.165, 1.54) is 0 Å². The normalized spacial score (nSPS) is 9.37. The average Bonchev–Trinajstić information content (AvgIpc) is 2.89. The summed E-state index contributed by atoms with van der Waals surface area (Å²) in [6.45, 7) is 1.51. The fraction of sp³-hybridized carbons (Fsp3) is 0.161. The summed E-state index contributed by atoms with van der Waals surface area (Å²) in [5.41, 5.74) is 24.4. The molecule has 0 unspecified atom stereocenters. The molecule has 0 aliphatic heterocycles. The first-order valence-electron chi connectivity index (χ1n) is 11.3. The van der Waals surface area contributed by atoms with Gasteiger partial charge in [-0.3, -0.25) is 0 Å². The molecule has 0 aliphatic carbocycles. The molecule has 0 saturated carbocycles. The van der Waals surface area contributed by atoms with Gasteiger partial charge >= 0.3 is 0 Å². The van der Waals surface area contributed by atoms with Crippen LogP contribution in [-0.2, 0) is 0 Å². The molecule has 0 aliphatic rings. The van der Waals surface area contributed by atoms with Crippen LogP contribution in [-0.4, -0.2) is 33.2 Å². The maximum Gasteiger partial charge on any atom is 0.0577 e. The van der Waals surface area contributed by atoms with Gasteiger partial charge in [0.15, 0.2) is 0 Å². The Balaban J connectivity index is 2.10. The van der Waals surface area contributed by atoms with Gasteiger partial charge in [-0.15, -0.1) is 0 Å². The highest BCUT2D eigenvalue weighted by Crippen LogP contribution is 2.29. The Labute approximate surface area is 208 Å². The lowest BCUT2D eigenvalue weighted by Crippen LogP contribution is -2.04. The van der Waals surface area contributed by atoms with E-state index < -0.39 is 0 Å². The molecule has 172 valence electrons. The fourth-order valence-corrected chi connectivity index (χ4v) is 3.45. The molecule has 0 bridgehead atoms. The zero-order valence-electron chi connectivity index (χ0n) is 19.8. The summed E-state index contributed by atoms with van der Waals surface area (Å²) in [5, 5.41) is 3.04. The van der Waals surface area contributed by atoms with Crippen LogP contribution in [0.2, 0.25) is 0 Å². The van der Waals surface area contributed by atoms with Crippen LogP contribution < -0.4 is 22.5 Å². The number of nitrogens with one attached hydrogen (secondary N) is 1. The van der Waals surface area contributed by atoms with E-state index in [1.54, 1.807) is 0 Å². The van der Waals surface area contributed by atoms with Crippen LogP contribution in [0.5, 0.6) is 0 Å². The number of rotatable bonds is 3. The van der Waals surface area contributed by atoms with E-state index in [0.717, 1.165) is 44.5 Å². The maximum atomic E-state index is 5.59. The molecule has 35 heavy (non-hydrogen) atoms. The van der Waals surface area contributed by atoms with Gasteiger partial charge in [0.2, 0.25) is 0 Å². The Morgan fingerprint density at radius 2 is 0.943 bits per heavy atom. The SMILES string of the molecule is CNCC#Cc1cc(C#CCN)cc(-c2cccc(-c3cc(C#CCN)cc(C#CCN)c3)c2)c1. The molecule has 3 aromatic carbocycles. The van der Waals surface area contributed by atoms with Crippen LogP contribution in [0.4, 0.5) is 0 Å². The predicted molar refractivity (Wildman–Crippen MR) is 146 cm³/mol. The monoisotopic (exact) mass is 456 g/mol. The van der Waals surface area contributed by atoms with Gasteiger partial charge in [-0.05, 0) is 71.8 Å². The molecule has 0 saturated heterocycles. The first-order valence-corrected chi connectivity index (χ1v) is 11.3. The Kier molecular flexibility index (Phi) is 9.75. The highest BCUT2D eigenvalue weighted by atomic mass is 14.8. The van der Waals surface area contributed by atoms with Gasteiger partial charge in [-0.1, -0.05) is 65.6 Å². The molecule has 0 radical (unpaired) electrons. The minimum Gasteiger partial charge on any atom is -0.320 e. The van der Waals surface area contributed by atoms with Gasteiger partial charge in [-0.2, -0.15) is 0 Å². The van der Waals surface area contributed by atoms with Gasteiger partial charge in [0.25, 0.3) is 0 Å². The predicted octanol–water partition coefficient (Wildman–Crippen LogP) is 2.52. The highest BCUT2D eigenvalue weighted by molar-refractivity contribution is 5.76. The summed E-state index contributed by atoms with van der Waals surface area (Å²) < 4.78 is 0. The van der Waals surface area contributed by atoms with Crippen molar-refractivity contribution < 1.29 is 0 Å². The van der Waals surface area contributed by atoms with Gasteiger partial charge in [0, 0.05) is 22.3 Å². The quantitative estimate of drug-likeness (QED) is 0.456.